The first-order chi connectivity index (χ1) is 17.6. The van der Waals surface area contributed by atoms with Crippen LogP contribution in [0, 0.1) is 11.2 Å². The van der Waals surface area contributed by atoms with Crippen LogP contribution in [0.5, 0.6) is 0 Å². The predicted octanol–water partition coefficient (Wildman–Crippen LogP) is 4.59. The van der Waals surface area contributed by atoms with Crippen molar-refractivity contribution in [2.75, 3.05) is 33.2 Å². The Kier molecular flexibility index (Phi) is 8.11. The average molecular weight is 522 g/mol. The minimum absolute atomic E-state index is 0.103. The number of hydrogen-bond donors (Lipinski definition) is 4. The molecule has 3 heterocycles. The minimum atomic E-state index is -4.78. The summed E-state index contributed by atoms with van der Waals surface area (Å²) in [6.45, 7) is 5.01. The number of alkyl halides is 3. The van der Waals surface area contributed by atoms with Crippen molar-refractivity contribution in [2.24, 2.45) is 5.73 Å². The van der Waals surface area contributed by atoms with Crippen molar-refractivity contribution < 1.29 is 17.6 Å². The van der Waals surface area contributed by atoms with Gasteiger partial charge in [-0.1, -0.05) is 6.92 Å². The molecule has 0 amide bonds. The molecule has 2 saturated heterocycles. The second kappa shape index (κ2) is 11.1. The molecule has 2 aliphatic rings. The molecule has 1 aromatic heterocycles. The maximum absolute atomic E-state index is 13.9. The number of halogens is 4. The van der Waals surface area contributed by atoms with Crippen LogP contribution < -0.4 is 16.4 Å². The lowest BCUT2D eigenvalue weighted by Crippen LogP contribution is -2.40. The number of benzene rings is 1. The van der Waals surface area contributed by atoms with E-state index < -0.39 is 17.6 Å². The number of piperidine rings is 2. The van der Waals surface area contributed by atoms with Gasteiger partial charge >= 0.3 is 6.18 Å². The van der Waals surface area contributed by atoms with E-state index in [9.17, 15) is 17.6 Å². The van der Waals surface area contributed by atoms with Gasteiger partial charge in [-0.3, -0.25) is 5.41 Å². The number of rotatable bonds is 6. The van der Waals surface area contributed by atoms with E-state index in [1.54, 1.807) is 7.05 Å². The standard InChI is InChI=1S/C26H35F4N7/c1-3-19(23(31)33-2)24(32)36-12-8-16(9-13-36)25-35-22(15-37(25)18-6-10-34-11-7-18)17-4-5-21(27)20(14-17)26(28,29)30/h4-5,14-16,18,32-34H,3,6-13,31H2,1-2H3/b23-19-,32-24?. The monoisotopic (exact) mass is 521 g/mol. The van der Waals surface area contributed by atoms with Gasteiger partial charge in [0.05, 0.1) is 11.3 Å². The molecule has 0 bridgehead atoms. The molecule has 0 unspecified atom stereocenters. The second-order valence-electron chi connectivity index (χ2n) is 9.67. The van der Waals surface area contributed by atoms with Gasteiger partial charge in [-0.2, -0.15) is 13.2 Å². The lowest BCUT2D eigenvalue weighted by atomic mass is 9.94. The quantitative estimate of drug-likeness (QED) is 0.254. The van der Waals surface area contributed by atoms with E-state index in [1.165, 1.54) is 6.07 Å². The third-order valence-corrected chi connectivity index (χ3v) is 7.44. The topological polar surface area (TPSA) is 95.0 Å². The van der Waals surface area contributed by atoms with Crippen molar-refractivity contribution in [3.8, 4) is 11.3 Å². The SMILES string of the molecule is CC/C(C(=N)N1CCC(c2nc(-c3ccc(F)c(C(F)(F)F)c3)cn2C2CCNCC2)CC1)=C(\N)NC. The van der Waals surface area contributed by atoms with Gasteiger partial charge in [0.25, 0.3) is 0 Å². The van der Waals surface area contributed by atoms with Gasteiger partial charge in [0.1, 0.15) is 23.3 Å². The lowest BCUT2D eigenvalue weighted by Gasteiger charge is -2.35. The summed E-state index contributed by atoms with van der Waals surface area (Å²) < 4.78 is 56.1. The van der Waals surface area contributed by atoms with E-state index in [2.05, 4.69) is 15.2 Å². The van der Waals surface area contributed by atoms with Crippen molar-refractivity contribution >= 4 is 5.84 Å². The van der Waals surface area contributed by atoms with Crippen LogP contribution in [-0.2, 0) is 6.18 Å². The zero-order chi connectivity index (χ0) is 26.7. The number of hydrogen-bond acceptors (Lipinski definition) is 5. The number of nitrogens with one attached hydrogen (secondary N) is 3. The van der Waals surface area contributed by atoms with Gasteiger partial charge in [-0.25, -0.2) is 9.37 Å². The van der Waals surface area contributed by atoms with Crippen LogP contribution in [0.1, 0.15) is 62.4 Å². The summed E-state index contributed by atoms with van der Waals surface area (Å²) in [5.41, 5.74) is 6.22. The molecule has 0 spiro atoms. The molecular weight excluding hydrogens is 486 g/mol. The molecular formula is C26H35F4N7. The highest BCUT2D eigenvalue weighted by Crippen LogP contribution is 2.37. The van der Waals surface area contributed by atoms with Crippen LogP contribution >= 0.6 is 0 Å². The zero-order valence-corrected chi connectivity index (χ0v) is 21.3. The predicted molar refractivity (Wildman–Crippen MR) is 136 cm³/mol. The van der Waals surface area contributed by atoms with Crippen LogP contribution in [0.15, 0.2) is 35.8 Å². The summed E-state index contributed by atoms with van der Waals surface area (Å²) >= 11 is 0. The lowest BCUT2D eigenvalue weighted by molar-refractivity contribution is -0.139. The van der Waals surface area contributed by atoms with Gasteiger partial charge in [0.15, 0.2) is 0 Å². The van der Waals surface area contributed by atoms with Crippen LogP contribution in [0.4, 0.5) is 17.6 Å². The number of imidazole rings is 1. The summed E-state index contributed by atoms with van der Waals surface area (Å²) in [6, 6.07) is 3.27. The normalized spacial score (nSPS) is 18.6. The van der Waals surface area contributed by atoms with Gasteiger partial charge in [-0.05, 0) is 63.4 Å². The average Bonchev–Trinajstić information content (AvgIpc) is 3.34. The first kappa shape index (κ1) is 27.0. The Balaban J connectivity index is 1.62. The van der Waals surface area contributed by atoms with Crippen molar-refractivity contribution in [3.63, 3.8) is 0 Å². The van der Waals surface area contributed by atoms with Crippen molar-refractivity contribution in [3.05, 3.63) is 53.0 Å². The maximum atomic E-state index is 13.9. The summed E-state index contributed by atoms with van der Waals surface area (Å²) in [5.74, 6) is 0.584. The van der Waals surface area contributed by atoms with Gasteiger partial charge in [0.2, 0.25) is 0 Å². The number of likely N-dealkylation sites (tertiary alicyclic amines) is 1. The molecule has 7 nitrogen and oxygen atoms in total. The van der Waals surface area contributed by atoms with E-state index in [0.29, 0.717) is 36.9 Å². The summed E-state index contributed by atoms with van der Waals surface area (Å²) in [7, 11) is 1.74. The van der Waals surface area contributed by atoms with E-state index in [-0.39, 0.29) is 17.5 Å². The summed E-state index contributed by atoms with van der Waals surface area (Å²) in [6.07, 6.45) is 1.02. The van der Waals surface area contributed by atoms with E-state index in [0.717, 1.165) is 62.3 Å². The molecule has 5 N–H and O–H groups in total. The Bertz CT molecular complexity index is 1140. The van der Waals surface area contributed by atoms with Crippen LogP contribution in [0.3, 0.4) is 0 Å². The van der Waals surface area contributed by atoms with Gasteiger partial charge in [0, 0.05) is 49.4 Å². The number of aromatic nitrogens is 2. The highest BCUT2D eigenvalue weighted by atomic mass is 19.4. The minimum Gasteiger partial charge on any atom is -0.385 e. The highest BCUT2D eigenvalue weighted by Gasteiger charge is 2.35. The second-order valence-corrected chi connectivity index (χ2v) is 9.67. The Labute approximate surface area is 214 Å². The number of nitrogens with zero attached hydrogens (tertiary/aromatic N) is 3. The number of nitrogens with two attached hydrogens (primary N) is 1. The van der Waals surface area contributed by atoms with E-state index >= 15 is 0 Å². The molecule has 0 saturated carbocycles. The van der Waals surface area contributed by atoms with Crippen molar-refractivity contribution in [1.29, 1.82) is 5.41 Å². The molecule has 202 valence electrons. The Hall–Kier alpha value is -3.08. The molecule has 2 fully saturated rings. The third-order valence-electron chi connectivity index (χ3n) is 7.44. The van der Waals surface area contributed by atoms with Crippen LogP contribution in [-0.4, -0.2) is 53.5 Å². The molecule has 0 atom stereocenters. The molecule has 0 aliphatic carbocycles. The molecule has 2 aliphatic heterocycles. The van der Waals surface area contributed by atoms with E-state index in [4.69, 9.17) is 16.1 Å². The first-order valence-electron chi connectivity index (χ1n) is 12.8. The smallest absolute Gasteiger partial charge is 0.385 e. The molecule has 37 heavy (non-hydrogen) atoms. The number of amidine groups is 1. The van der Waals surface area contributed by atoms with Crippen molar-refractivity contribution in [2.45, 2.75) is 57.2 Å². The Morgan fingerprint density at radius 1 is 1.19 bits per heavy atom. The van der Waals surface area contributed by atoms with Crippen LogP contribution in [0.2, 0.25) is 0 Å². The zero-order valence-electron chi connectivity index (χ0n) is 21.3. The Morgan fingerprint density at radius 2 is 1.86 bits per heavy atom. The first-order valence-corrected chi connectivity index (χ1v) is 12.8. The van der Waals surface area contributed by atoms with Crippen LogP contribution in [0.25, 0.3) is 11.3 Å². The fourth-order valence-electron chi connectivity index (χ4n) is 5.32. The molecule has 11 heteroatoms. The van der Waals surface area contributed by atoms with Gasteiger partial charge < -0.3 is 25.8 Å². The summed E-state index contributed by atoms with van der Waals surface area (Å²) in [4.78, 5) is 6.86. The maximum Gasteiger partial charge on any atom is 0.419 e. The fourth-order valence-corrected chi connectivity index (χ4v) is 5.32. The van der Waals surface area contributed by atoms with E-state index in [1.807, 2.05) is 18.0 Å². The molecule has 1 aromatic carbocycles. The molecule has 2 aromatic rings. The van der Waals surface area contributed by atoms with Gasteiger partial charge in [-0.15, -0.1) is 0 Å². The fraction of sp³-hybridized carbons (Fsp3) is 0.538. The molecule has 4 rings (SSSR count). The highest BCUT2D eigenvalue weighted by molar-refractivity contribution is 5.96. The Morgan fingerprint density at radius 3 is 2.46 bits per heavy atom. The van der Waals surface area contributed by atoms with Crippen molar-refractivity contribution in [1.82, 2.24) is 25.1 Å². The third kappa shape index (κ3) is 5.76. The largest absolute Gasteiger partial charge is 0.419 e. The molecule has 0 radical (unpaired) electrons. The summed E-state index contributed by atoms with van der Waals surface area (Å²) in [5, 5.41) is 14.9.